The number of benzene rings is 1. The van der Waals surface area contributed by atoms with E-state index in [9.17, 15) is 9.59 Å². The summed E-state index contributed by atoms with van der Waals surface area (Å²) in [7, 11) is 0. The number of hydrogen-bond acceptors (Lipinski definition) is 4. The Bertz CT molecular complexity index is 589. The van der Waals surface area contributed by atoms with Gasteiger partial charge in [0.1, 0.15) is 0 Å². The van der Waals surface area contributed by atoms with E-state index in [-0.39, 0.29) is 17.0 Å². The van der Waals surface area contributed by atoms with Gasteiger partial charge in [-0.1, -0.05) is 48.0 Å². The molecule has 0 bridgehead atoms. The minimum atomic E-state index is -1.07. The van der Waals surface area contributed by atoms with Gasteiger partial charge in [-0.05, 0) is 6.08 Å². The highest BCUT2D eigenvalue weighted by atomic mass is 35.5. The molecule has 0 saturated carbocycles. The van der Waals surface area contributed by atoms with E-state index in [0.717, 1.165) is 0 Å². The van der Waals surface area contributed by atoms with Gasteiger partial charge in [-0.2, -0.15) is 0 Å². The van der Waals surface area contributed by atoms with Crippen LogP contribution in [0.4, 0.5) is 0 Å². The summed E-state index contributed by atoms with van der Waals surface area (Å²) < 4.78 is 0. The number of halogens is 1. The van der Waals surface area contributed by atoms with Crippen LogP contribution in [0.25, 0.3) is 0 Å². The van der Waals surface area contributed by atoms with E-state index in [1.54, 1.807) is 30.3 Å². The highest BCUT2D eigenvalue weighted by Gasteiger charge is 2.28. The van der Waals surface area contributed by atoms with Gasteiger partial charge in [0.2, 0.25) is 11.6 Å². The summed E-state index contributed by atoms with van der Waals surface area (Å²) in [6, 6.07) is 8.32. The Kier molecular flexibility index (Phi) is 3.66. The van der Waals surface area contributed by atoms with E-state index in [1.807, 2.05) is 0 Å². The summed E-state index contributed by atoms with van der Waals surface area (Å²) in [6.07, 6.45) is 3.02. The molecule has 4 N–H and O–H groups in total. The van der Waals surface area contributed by atoms with E-state index in [2.05, 4.69) is 0 Å². The number of hydrogen-bond donors (Lipinski definition) is 2. The van der Waals surface area contributed by atoms with Crippen molar-refractivity contribution in [1.82, 2.24) is 0 Å². The fourth-order valence-corrected chi connectivity index (χ4v) is 2.17. The maximum absolute atomic E-state index is 12.1. The Morgan fingerprint density at radius 1 is 1.11 bits per heavy atom. The molecule has 1 aromatic rings. The molecule has 0 heterocycles. The first-order valence-electron chi connectivity index (χ1n) is 5.70. The monoisotopic (exact) mass is 276 g/mol. The molecule has 5 heteroatoms. The van der Waals surface area contributed by atoms with E-state index in [1.165, 1.54) is 12.2 Å². The van der Waals surface area contributed by atoms with Crippen molar-refractivity contribution in [2.75, 3.05) is 0 Å². The van der Waals surface area contributed by atoms with Crippen molar-refractivity contribution in [3.63, 3.8) is 0 Å². The van der Waals surface area contributed by atoms with Crippen LogP contribution < -0.4 is 11.5 Å². The normalized spacial score (nSPS) is 17.4. The number of ketones is 2. The molecular weight excluding hydrogens is 264 g/mol. The van der Waals surface area contributed by atoms with Gasteiger partial charge < -0.3 is 11.5 Å². The average molecular weight is 277 g/mol. The van der Waals surface area contributed by atoms with Crippen LogP contribution in [0.1, 0.15) is 16.8 Å². The lowest BCUT2D eigenvalue weighted by Crippen LogP contribution is -2.48. The molecule has 0 radical (unpaired) electrons. The average Bonchev–Trinajstić information content (AvgIpc) is 2.37. The van der Waals surface area contributed by atoms with Gasteiger partial charge in [-0.15, -0.1) is 0 Å². The Labute approximate surface area is 115 Å². The maximum Gasteiger partial charge on any atom is 0.234 e. The second kappa shape index (κ2) is 5.09. The Morgan fingerprint density at radius 2 is 1.74 bits per heavy atom. The zero-order valence-electron chi connectivity index (χ0n) is 10.1. The first kappa shape index (κ1) is 13.7. The zero-order valence-corrected chi connectivity index (χ0v) is 10.9. The summed E-state index contributed by atoms with van der Waals surface area (Å²) in [4.78, 5) is 24.1. The van der Waals surface area contributed by atoms with E-state index < -0.39 is 17.2 Å². The van der Waals surface area contributed by atoms with Crippen LogP contribution in [-0.4, -0.2) is 17.2 Å². The third kappa shape index (κ3) is 2.98. The van der Waals surface area contributed by atoms with Gasteiger partial charge in [0, 0.05) is 22.6 Å². The predicted octanol–water partition coefficient (Wildman–Crippen LogP) is 1.50. The quantitative estimate of drug-likeness (QED) is 0.498. The molecular formula is C14H13ClN2O2. The molecule has 2 rings (SSSR count). The highest BCUT2D eigenvalue weighted by Crippen LogP contribution is 2.26. The molecule has 0 atom stereocenters. The molecule has 1 aliphatic carbocycles. The molecule has 1 aromatic carbocycles. The lowest BCUT2D eigenvalue weighted by atomic mass is 9.93. The van der Waals surface area contributed by atoms with Crippen molar-refractivity contribution < 1.29 is 9.59 Å². The SMILES string of the molecule is NC1(N)C=CC(C(=O)C(=O)c2ccccc2)=C(Cl)C1. The second-order valence-electron chi connectivity index (χ2n) is 4.47. The molecule has 0 spiro atoms. The summed E-state index contributed by atoms with van der Waals surface area (Å²) in [5.41, 5.74) is 10.8. The molecule has 0 amide bonds. The van der Waals surface area contributed by atoms with Crippen molar-refractivity contribution in [1.29, 1.82) is 0 Å². The van der Waals surface area contributed by atoms with Gasteiger partial charge in [-0.25, -0.2) is 0 Å². The molecule has 0 unspecified atom stereocenters. The van der Waals surface area contributed by atoms with Crippen molar-refractivity contribution in [2.24, 2.45) is 11.5 Å². The smallest absolute Gasteiger partial charge is 0.234 e. The number of carbonyl (C=O) groups excluding carboxylic acids is 2. The van der Waals surface area contributed by atoms with Crippen LogP contribution in [0, 0.1) is 0 Å². The number of nitrogens with two attached hydrogens (primary N) is 2. The Balaban J connectivity index is 2.27. The predicted molar refractivity (Wildman–Crippen MR) is 73.5 cm³/mol. The minimum Gasteiger partial charge on any atom is -0.310 e. The third-order valence-corrected chi connectivity index (χ3v) is 3.14. The second-order valence-corrected chi connectivity index (χ2v) is 4.92. The number of Topliss-reactive ketones (excluding diaryl/α,β-unsaturated/α-hetero) is 2. The largest absolute Gasteiger partial charge is 0.310 e. The fourth-order valence-electron chi connectivity index (χ4n) is 1.79. The lowest BCUT2D eigenvalue weighted by molar-refractivity contribution is -0.111. The van der Waals surface area contributed by atoms with Crippen LogP contribution in [0.3, 0.4) is 0 Å². The fraction of sp³-hybridized carbons (Fsp3) is 0.143. The van der Waals surface area contributed by atoms with Crippen molar-refractivity contribution in [3.8, 4) is 0 Å². The van der Waals surface area contributed by atoms with E-state index in [4.69, 9.17) is 23.1 Å². The zero-order chi connectivity index (χ0) is 14.0. The van der Waals surface area contributed by atoms with Gasteiger partial charge in [0.15, 0.2) is 0 Å². The molecule has 4 nitrogen and oxygen atoms in total. The molecule has 0 aromatic heterocycles. The Morgan fingerprint density at radius 3 is 2.32 bits per heavy atom. The van der Waals surface area contributed by atoms with Gasteiger partial charge in [-0.3, -0.25) is 9.59 Å². The summed E-state index contributed by atoms with van der Waals surface area (Å²) >= 11 is 5.99. The van der Waals surface area contributed by atoms with Gasteiger partial charge >= 0.3 is 0 Å². The first-order valence-corrected chi connectivity index (χ1v) is 6.08. The van der Waals surface area contributed by atoms with Crippen LogP contribution in [0.5, 0.6) is 0 Å². The molecule has 19 heavy (non-hydrogen) atoms. The maximum atomic E-state index is 12.1. The molecule has 0 saturated heterocycles. The summed E-state index contributed by atoms with van der Waals surface area (Å²) in [6.45, 7) is 0. The molecule has 98 valence electrons. The molecule has 0 fully saturated rings. The number of allylic oxidation sites excluding steroid dienone is 2. The topological polar surface area (TPSA) is 86.2 Å². The molecule has 1 aliphatic rings. The van der Waals surface area contributed by atoms with Crippen LogP contribution >= 0.6 is 11.6 Å². The summed E-state index contributed by atoms with van der Waals surface area (Å²) in [5, 5.41) is 0.210. The number of rotatable bonds is 3. The van der Waals surface area contributed by atoms with Crippen molar-refractivity contribution >= 4 is 23.2 Å². The van der Waals surface area contributed by atoms with Crippen molar-refractivity contribution in [2.45, 2.75) is 12.1 Å². The molecule has 0 aliphatic heterocycles. The van der Waals surface area contributed by atoms with Crippen LogP contribution in [0.2, 0.25) is 0 Å². The van der Waals surface area contributed by atoms with Crippen LogP contribution in [-0.2, 0) is 4.79 Å². The first-order chi connectivity index (χ1) is 8.91. The van der Waals surface area contributed by atoms with Gasteiger partial charge in [0.05, 0.1) is 5.66 Å². The minimum absolute atomic E-state index is 0.133. The highest BCUT2D eigenvalue weighted by molar-refractivity contribution is 6.51. The number of carbonyl (C=O) groups is 2. The van der Waals surface area contributed by atoms with Gasteiger partial charge in [0.25, 0.3) is 0 Å². The van der Waals surface area contributed by atoms with Crippen LogP contribution in [0.15, 0.2) is 53.1 Å². The van der Waals surface area contributed by atoms with E-state index in [0.29, 0.717) is 5.56 Å². The lowest BCUT2D eigenvalue weighted by Gasteiger charge is -2.24. The summed E-state index contributed by atoms with van der Waals surface area (Å²) in [5.74, 6) is -1.25. The Hall–Kier alpha value is -1.75. The standard InChI is InChI=1S/C14H13ClN2O2/c15-11-8-14(16,17)7-6-10(11)13(19)12(18)9-4-2-1-3-5-9/h1-7H,8,16-17H2. The van der Waals surface area contributed by atoms with Crippen molar-refractivity contribution in [3.05, 3.63) is 58.7 Å². The van der Waals surface area contributed by atoms with E-state index >= 15 is 0 Å². The third-order valence-electron chi connectivity index (χ3n) is 2.80.